The van der Waals surface area contributed by atoms with Crippen LogP contribution in [0.1, 0.15) is 43.7 Å². The Morgan fingerprint density at radius 2 is 1.11 bits per heavy atom. The largest absolute Gasteiger partial charge is 0.303 e. The molecule has 1 aliphatic heterocycles. The van der Waals surface area contributed by atoms with Crippen LogP contribution in [0.15, 0.2) is 70.5 Å². The molecule has 3 rings (SSSR count). The molecule has 2 aromatic carbocycles. The Morgan fingerprint density at radius 1 is 0.703 bits per heavy atom. The third-order valence-corrected chi connectivity index (χ3v) is 10.4. The highest BCUT2D eigenvalue weighted by atomic mass is 32.2. The maximum absolute atomic E-state index is 13.6. The molecule has 1 heterocycles. The van der Waals surface area contributed by atoms with E-state index in [1.54, 1.807) is 48.5 Å². The molecule has 1 aliphatic rings. The van der Waals surface area contributed by atoms with Crippen LogP contribution in [-0.2, 0) is 20.0 Å². The van der Waals surface area contributed by atoms with E-state index in [2.05, 4.69) is 18.4 Å². The Morgan fingerprint density at radius 3 is 1.49 bits per heavy atom. The van der Waals surface area contributed by atoms with Gasteiger partial charge in [-0.15, -0.1) is 0 Å². The van der Waals surface area contributed by atoms with Gasteiger partial charge >= 0.3 is 0 Å². The topological polar surface area (TPSA) is 78.0 Å². The Labute approximate surface area is 223 Å². The minimum Gasteiger partial charge on any atom is -0.303 e. The first-order valence-electron chi connectivity index (χ1n) is 13.1. The zero-order valence-electron chi connectivity index (χ0n) is 22.4. The van der Waals surface area contributed by atoms with Gasteiger partial charge in [0.05, 0.1) is 9.79 Å². The van der Waals surface area contributed by atoms with Crippen molar-refractivity contribution >= 4 is 20.0 Å². The molecule has 0 spiro atoms. The quantitative estimate of drug-likeness (QED) is 0.479. The van der Waals surface area contributed by atoms with Crippen molar-refractivity contribution in [3.05, 3.63) is 71.8 Å². The standard InChI is InChI=1S/C28H41N3O4S2/c1-5-6-17-29-18-7-20-30(36(32,33)27-13-9-24(2)10-14-27)22-26(4)23-31(21-8-19-29)37(34,35)28-15-11-25(3)12-16-28/h9-16H,4-8,17-23H2,1-3H3. The summed E-state index contributed by atoms with van der Waals surface area (Å²) in [7, 11) is -7.52. The molecular formula is C28H41N3O4S2. The van der Waals surface area contributed by atoms with E-state index < -0.39 is 20.0 Å². The van der Waals surface area contributed by atoms with Gasteiger partial charge in [0.2, 0.25) is 20.0 Å². The second kappa shape index (κ2) is 13.2. The van der Waals surface area contributed by atoms with E-state index in [0.717, 1.165) is 43.6 Å². The number of benzene rings is 2. The van der Waals surface area contributed by atoms with Crippen molar-refractivity contribution in [3.63, 3.8) is 0 Å². The maximum atomic E-state index is 13.6. The molecule has 7 nitrogen and oxygen atoms in total. The monoisotopic (exact) mass is 547 g/mol. The first kappa shape index (κ1) is 29.5. The SMILES string of the molecule is C=C1CN(S(=O)(=O)c2ccc(C)cc2)CCCN(CCCC)CCCN(S(=O)(=O)c2ccc(C)cc2)C1. The first-order valence-corrected chi connectivity index (χ1v) is 15.9. The highest BCUT2D eigenvalue weighted by molar-refractivity contribution is 7.89. The average Bonchev–Trinajstić information content (AvgIpc) is 2.85. The van der Waals surface area contributed by atoms with Gasteiger partial charge in [-0.3, -0.25) is 0 Å². The van der Waals surface area contributed by atoms with Crippen LogP contribution < -0.4 is 0 Å². The highest BCUT2D eigenvalue weighted by Gasteiger charge is 2.29. The van der Waals surface area contributed by atoms with Gasteiger partial charge in [0, 0.05) is 26.2 Å². The van der Waals surface area contributed by atoms with Crippen LogP contribution >= 0.6 is 0 Å². The Balaban J connectivity index is 1.91. The lowest BCUT2D eigenvalue weighted by Crippen LogP contribution is -2.41. The summed E-state index contributed by atoms with van der Waals surface area (Å²) in [4.78, 5) is 2.81. The van der Waals surface area contributed by atoms with E-state index in [-0.39, 0.29) is 22.9 Å². The number of hydrogen-bond donors (Lipinski definition) is 0. The van der Waals surface area contributed by atoms with Gasteiger partial charge in [-0.2, -0.15) is 8.61 Å². The molecule has 2 aromatic rings. The fourth-order valence-electron chi connectivity index (χ4n) is 4.49. The highest BCUT2D eigenvalue weighted by Crippen LogP contribution is 2.22. The van der Waals surface area contributed by atoms with Crippen molar-refractivity contribution in [2.24, 2.45) is 0 Å². The van der Waals surface area contributed by atoms with Gasteiger partial charge < -0.3 is 4.90 Å². The van der Waals surface area contributed by atoms with E-state index in [9.17, 15) is 16.8 Å². The molecule has 1 fully saturated rings. The molecule has 0 aromatic heterocycles. The third kappa shape index (κ3) is 7.97. The predicted molar refractivity (Wildman–Crippen MR) is 150 cm³/mol. The summed E-state index contributed by atoms with van der Waals surface area (Å²) in [6.45, 7) is 13.4. The van der Waals surface area contributed by atoms with Crippen LogP contribution in [0.3, 0.4) is 0 Å². The van der Waals surface area contributed by atoms with E-state index in [1.165, 1.54) is 8.61 Å². The lowest BCUT2D eigenvalue weighted by Gasteiger charge is -2.30. The summed E-state index contributed by atoms with van der Waals surface area (Å²) >= 11 is 0. The second-order valence-corrected chi connectivity index (χ2v) is 13.8. The molecule has 204 valence electrons. The number of nitrogens with zero attached hydrogens (tertiary/aromatic N) is 3. The van der Waals surface area contributed by atoms with Crippen LogP contribution in [0.4, 0.5) is 0 Å². The van der Waals surface area contributed by atoms with Gasteiger partial charge in [-0.05, 0) is 82.6 Å². The molecule has 0 bridgehead atoms. The first-order chi connectivity index (χ1) is 17.5. The number of aryl methyl sites for hydroxylation is 2. The van der Waals surface area contributed by atoms with Gasteiger partial charge in [-0.25, -0.2) is 16.8 Å². The normalized spacial score (nSPS) is 18.3. The zero-order chi connectivity index (χ0) is 27.1. The molecule has 9 heteroatoms. The summed E-state index contributed by atoms with van der Waals surface area (Å²) in [5.74, 6) is 0. The lowest BCUT2D eigenvalue weighted by molar-refractivity contribution is 0.242. The molecule has 0 atom stereocenters. The molecule has 0 radical (unpaired) electrons. The maximum Gasteiger partial charge on any atom is 0.243 e. The Kier molecular flexibility index (Phi) is 10.5. The smallest absolute Gasteiger partial charge is 0.243 e. The fraction of sp³-hybridized carbons (Fsp3) is 0.500. The molecule has 0 amide bonds. The van der Waals surface area contributed by atoms with Gasteiger partial charge in [0.25, 0.3) is 0 Å². The lowest BCUT2D eigenvalue weighted by atomic mass is 10.2. The summed E-state index contributed by atoms with van der Waals surface area (Å²) in [6.07, 6.45) is 3.52. The van der Waals surface area contributed by atoms with E-state index in [4.69, 9.17) is 0 Å². The zero-order valence-corrected chi connectivity index (χ0v) is 24.0. The van der Waals surface area contributed by atoms with E-state index in [1.807, 2.05) is 13.8 Å². The summed E-state index contributed by atoms with van der Waals surface area (Å²) in [6, 6.07) is 13.7. The minimum absolute atomic E-state index is 0.0745. The van der Waals surface area contributed by atoms with Crippen LogP contribution in [0.2, 0.25) is 0 Å². The average molecular weight is 548 g/mol. The minimum atomic E-state index is -3.76. The molecule has 0 saturated carbocycles. The number of hydrogen-bond acceptors (Lipinski definition) is 5. The van der Waals surface area contributed by atoms with Crippen LogP contribution in [-0.4, -0.2) is 76.2 Å². The predicted octanol–water partition coefficient (Wildman–Crippen LogP) is 4.44. The van der Waals surface area contributed by atoms with Crippen molar-refractivity contribution in [2.75, 3.05) is 45.8 Å². The van der Waals surface area contributed by atoms with Gasteiger partial charge in [-0.1, -0.05) is 55.3 Å². The molecule has 0 aliphatic carbocycles. The molecule has 0 unspecified atom stereocenters. The van der Waals surface area contributed by atoms with E-state index in [0.29, 0.717) is 31.5 Å². The number of unbranched alkanes of at least 4 members (excludes halogenated alkanes) is 1. The number of rotatable bonds is 7. The summed E-state index contributed by atoms with van der Waals surface area (Å²) in [5, 5.41) is 0. The molecule has 0 N–H and O–H groups in total. The number of sulfonamides is 2. The van der Waals surface area contributed by atoms with Crippen molar-refractivity contribution in [2.45, 2.75) is 56.2 Å². The van der Waals surface area contributed by atoms with Crippen LogP contribution in [0.5, 0.6) is 0 Å². The summed E-state index contributed by atoms with van der Waals surface area (Å²) in [5.41, 5.74) is 2.52. The second-order valence-electron chi connectivity index (χ2n) is 9.96. The van der Waals surface area contributed by atoms with Gasteiger partial charge in [0.1, 0.15) is 0 Å². The molecule has 1 saturated heterocycles. The van der Waals surface area contributed by atoms with Crippen LogP contribution in [0, 0.1) is 13.8 Å². The van der Waals surface area contributed by atoms with Crippen molar-refractivity contribution in [1.29, 1.82) is 0 Å². The Hall–Kier alpha value is -2.04. The Bertz CT molecular complexity index is 1150. The summed E-state index contributed by atoms with van der Waals surface area (Å²) < 4.78 is 57.3. The van der Waals surface area contributed by atoms with Crippen molar-refractivity contribution in [1.82, 2.24) is 13.5 Å². The third-order valence-electron chi connectivity index (χ3n) is 6.71. The fourth-order valence-corrected chi connectivity index (χ4v) is 7.49. The molecule has 37 heavy (non-hydrogen) atoms. The van der Waals surface area contributed by atoms with E-state index >= 15 is 0 Å². The molecular weight excluding hydrogens is 506 g/mol. The van der Waals surface area contributed by atoms with Crippen molar-refractivity contribution < 1.29 is 16.8 Å². The van der Waals surface area contributed by atoms with Crippen LogP contribution in [0.25, 0.3) is 0 Å². The van der Waals surface area contributed by atoms with Crippen molar-refractivity contribution in [3.8, 4) is 0 Å². The van der Waals surface area contributed by atoms with Gasteiger partial charge in [0.15, 0.2) is 0 Å².